The van der Waals surface area contributed by atoms with Gasteiger partial charge in [-0.1, -0.05) is 158 Å². The summed E-state index contributed by atoms with van der Waals surface area (Å²) in [5, 5.41) is 1.01. The smallest absolute Gasteiger partial charge is 0.124 e. The number of nitrogens with zero attached hydrogens (tertiary/aromatic N) is 2. The van der Waals surface area contributed by atoms with Crippen molar-refractivity contribution in [1.29, 1.82) is 0 Å². The number of para-hydroxylation sites is 1. The molecule has 0 N–H and O–H groups in total. The van der Waals surface area contributed by atoms with Gasteiger partial charge in [0, 0.05) is 27.4 Å². The van der Waals surface area contributed by atoms with Crippen LogP contribution in [0.1, 0.15) is 0 Å². The summed E-state index contributed by atoms with van der Waals surface area (Å²) in [6.45, 7) is 0. The van der Waals surface area contributed by atoms with Crippen molar-refractivity contribution < 1.29 is 0 Å². The standard InChI is InChI=1S/C49H34N2S2/c52-47-33-45-48(53-49(50-45)39-17-8-3-9-18-39)32-44(47)40-19-12-20-42(31-40)51(41-29-27-37(28-30-41)35-15-6-2-7-16-35)46-22-11-10-21-43(46)38-25-23-36(24-26-38)34-13-4-1-5-14-34/h1-33,52H. The lowest BCUT2D eigenvalue weighted by atomic mass is 9.97. The van der Waals surface area contributed by atoms with Crippen molar-refractivity contribution >= 4 is 51.2 Å². The molecule has 53 heavy (non-hydrogen) atoms. The minimum absolute atomic E-state index is 0.900. The third kappa shape index (κ3) is 6.67. The van der Waals surface area contributed by atoms with Gasteiger partial charge in [0.25, 0.3) is 0 Å². The second-order valence-electron chi connectivity index (χ2n) is 13.0. The molecule has 0 saturated carbocycles. The number of hydrogen-bond donors (Lipinski definition) is 1. The summed E-state index contributed by atoms with van der Waals surface area (Å²) in [5.74, 6) is 0. The molecule has 0 aliphatic rings. The molecule has 2 nitrogen and oxygen atoms in total. The fraction of sp³-hybridized carbons (Fsp3) is 0. The first-order valence-electron chi connectivity index (χ1n) is 17.7. The number of benzene rings is 8. The molecule has 0 saturated heterocycles. The van der Waals surface area contributed by atoms with E-state index in [1.54, 1.807) is 11.3 Å². The topological polar surface area (TPSA) is 16.1 Å². The van der Waals surface area contributed by atoms with Gasteiger partial charge in [0.05, 0.1) is 15.9 Å². The quantitative estimate of drug-likeness (QED) is 0.158. The van der Waals surface area contributed by atoms with Crippen LogP contribution < -0.4 is 4.90 Å². The summed E-state index contributed by atoms with van der Waals surface area (Å²) in [4.78, 5) is 8.23. The molecule has 1 heterocycles. The van der Waals surface area contributed by atoms with E-state index in [9.17, 15) is 0 Å². The van der Waals surface area contributed by atoms with E-state index in [1.807, 2.05) is 6.07 Å². The molecule has 0 spiro atoms. The number of thiol groups is 1. The first kappa shape index (κ1) is 32.7. The summed E-state index contributed by atoms with van der Waals surface area (Å²) in [5.41, 5.74) is 14.6. The zero-order chi connectivity index (χ0) is 35.6. The maximum Gasteiger partial charge on any atom is 0.124 e. The van der Waals surface area contributed by atoms with Crippen LogP contribution in [0.5, 0.6) is 0 Å². The molecule has 0 amide bonds. The van der Waals surface area contributed by atoms with Crippen molar-refractivity contribution in [2.75, 3.05) is 4.90 Å². The lowest BCUT2D eigenvalue weighted by molar-refractivity contribution is 1.28. The normalized spacial score (nSPS) is 11.1. The molecule has 0 bridgehead atoms. The molecular formula is C49H34N2S2. The van der Waals surface area contributed by atoms with Gasteiger partial charge in [0.2, 0.25) is 0 Å². The highest BCUT2D eigenvalue weighted by Gasteiger charge is 2.19. The van der Waals surface area contributed by atoms with Crippen LogP contribution >= 0.6 is 24.0 Å². The van der Waals surface area contributed by atoms with E-state index in [0.29, 0.717) is 0 Å². The summed E-state index contributed by atoms with van der Waals surface area (Å²) in [6.07, 6.45) is 0. The molecule has 8 aromatic carbocycles. The molecule has 252 valence electrons. The van der Waals surface area contributed by atoms with Crippen LogP contribution in [0.15, 0.2) is 205 Å². The second kappa shape index (κ2) is 14.4. The van der Waals surface area contributed by atoms with E-state index in [1.165, 1.54) is 22.3 Å². The molecule has 0 aliphatic carbocycles. The van der Waals surface area contributed by atoms with Crippen LogP contribution in [0.4, 0.5) is 17.1 Å². The van der Waals surface area contributed by atoms with Gasteiger partial charge in [0.1, 0.15) is 5.01 Å². The van der Waals surface area contributed by atoms with Gasteiger partial charge in [-0.05, 0) is 81.4 Å². The molecule has 0 aliphatic heterocycles. The van der Waals surface area contributed by atoms with Crippen molar-refractivity contribution in [2.24, 2.45) is 0 Å². The molecule has 1 aromatic heterocycles. The first-order chi connectivity index (χ1) is 26.2. The van der Waals surface area contributed by atoms with Crippen molar-refractivity contribution in [3.05, 3.63) is 200 Å². The van der Waals surface area contributed by atoms with Gasteiger partial charge in [-0.3, -0.25) is 0 Å². The third-order valence-electron chi connectivity index (χ3n) is 9.62. The zero-order valence-corrected chi connectivity index (χ0v) is 30.5. The Morgan fingerprint density at radius 3 is 1.58 bits per heavy atom. The Labute approximate surface area is 319 Å². The third-order valence-corrected chi connectivity index (χ3v) is 11.1. The van der Waals surface area contributed by atoms with Gasteiger partial charge in [-0.2, -0.15) is 0 Å². The zero-order valence-electron chi connectivity index (χ0n) is 28.8. The van der Waals surface area contributed by atoms with Crippen molar-refractivity contribution in [1.82, 2.24) is 4.98 Å². The van der Waals surface area contributed by atoms with Crippen LogP contribution in [0.25, 0.3) is 65.3 Å². The fourth-order valence-corrected chi connectivity index (χ4v) is 8.27. The number of anilines is 3. The highest BCUT2D eigenvalue weighted by molar-refractivity contribution is 7.80. The highest BCUT2D eigenvalue weighted by Crippen LogP contribution is 2.44. The van der Waals surface area contributed by atoms with Crippen LogP contribution in [-0.2, 0) is 0 Å². The molecule has 9 aromatic rings. The van der Waals surface area contributed by atoms with E-state index in [0.717, 1.165) is 65.0 Å². The molecule has 9 rings (SSSR count). The van der Waals surface area contributed by atoms with Gasteiger partial charge in [-0.25, -0.2) is 4.98 Å². The Kier molecular flexibility index (Phi) is 8.90. The van der Waals surface area contributed by atoms with Crippen molar-refractivity contribution in [3.63, 3.8) is 0 Å². The minimum atomic E-state index is 0.900. The number of thiazole rings is 1. The average Bonchev–Trinajstić information content (AvgIpc) is 3.65. The summed E-state index contributed by atoms with van der Waals surface area (Å²) >= 11 is 6.72. The Morgan fingerprint density at radius 1 is 0.396 bits per heavy atom. The maximum absolute atomic E-state index is 5.00. The predicted octanol–water partition coefficient (Wildman–Crippen LogP) is 14.4. The molecule has 0 atom stereocenters. The molecule has 0 unspecified atom stereocenters. The first-order valence-corrected chi connectivity index (χ1v) is 18.9. The van der Waals surface area contributed by atoms with Crippen molar-refractivity contribution in [2.45, 2.75) is 4.90 Å². The van der Waals surface area contributed by atoms with Crippen molar-refractivity contribution in [3.8, 4) is 55.1 Å². The van der Waals surface area contributed by atoms with Gasteiger partial charge >= 0.3 is 0 Å². The second-order valence-corrected chi connectivity index (χ2v) is 14.5. The van der Waals surface area contributed by atoms with E-state index < -0.39 is 0 Å². The monoisotopic (exact) mass is 714 g/mol. The largest absolute Gasteiger partial charge is 0.310 e. The molecular weight excluding hydrogens is 681 g/mol. The lowest BCUT2D eigenvalue weighted by Gasteiger charge is -2.28. The Balaban J connectivity index is 1.15. The van der Waals surface area contributed by atoms with E-state index in [2.05, 4.69) is 199 Å². The van der Waals surface area contributed by atoms with Crippen LogP contribution in [0.3, 0.4) is 0 Å². The molecule has 4 heteroatoms. The van der Waals surface area contributed by atoms with E-state index in [4.69, 9.17) is 17.6 Å². The summed E-state index contributed by atoms with van der Waals surface area (Å²) < 4.78 is 1.14. The van der Waals surface area contributed by atoms with Gasteiger partial charge in [-0.15, -0.1) is 24.0 Å². The number of hydrogen-bond acceptors (Lipinski definition) is 4. The Hall–Kier alpha value is -6.20. The fourth-order valence-electron chi connectivity index (χ4n) is 6.96. The van der Waals surface area contributed by atoms with Crippen LogP contribution in [-0.4, -0.2) is 4.98 Å². The van der Waals surface area contributed by atoms with Crippen LogP contribution in [0, 0.1) is 0 Å². The maximum atomic E-state index is 5.00. The SMILES string of the molecule is Sc1cc2nc(-c3ccccc3)sc2cc1-c1cccc(N(c2ccc(-c3ccccc3)cc2)c2ccccc2-c2ccc(-c3ccccc3)cc2)c1. The average molecular weight is 715 g/mol. The molecule has 0 radical (unpaired) electrons. The highest BCUT2D eigenvalue weighted by atomic mass is 32.1. The Morgan fingerprint density at radius 2 is 0.925 bits per heavy atom. The minimum Gasteiger partial charge on any atom is -0.310 e. The molecule has 0 fully saturated rings. The van der Waals surface area contributed by atoms with E-state index >= 15 is 0 Å². The lowest BCUT2D eigenvalue weighted by Crippen LogP contribution is -2.11. The van der Waals surface area contributed by atoms with E-state index in [-0.39, 0.29) is 0 Å². The predicted molar refractivity (Wildman–Crippen MR) is 229 cm³/mol. The number of rotatable bonds is 8. The number of fused-ring (bicyclic) bond motifs is 1. The summed E-state index contributed by atoms with van der Waals surface area (Å²) in [6, 6.07) is 71.0. The van der Waals surface area contributed by atoms with Gasteiger partial charge < -0.3 is 4.90 Å². The summed E-state index contributed by atoms with van der Waals surface area (Å²) in [7, 11) is 0. The van der Waals surface area contributed by atoms with Crippen LogP contribution in [0.2, 0.25) is 0 Å². The Bertz CT molecular complexity index is 2650. The van der Waals surface area contributed by atoms with Gasteiger partial charge in [0.15, 0.2) is 0 Å². The number of aromatic nitrogens is 1.